The molecule has 0 spiro atoms. The molecule has 0 aliphatic carbocycles. The van der Waals surface area contributed by atoms with E-state index in [4.69, 9.17) is 0 Å². The summed E-state index contributed by atoms with van der Waals surface area (Å²) in [7, 11) is 0. The molecule has 0 saturated heterocycles. The topological polar surface area (TPSA) is 52.5 Å². The van der Waals surface area contributed by atoms with E-state index in [1.165, 1.54) is 0 Å². The van der Waals surface area contributed by atoms with E-state index in [2.05, 4.69) is 5.32 Å². The number of rotatable bonds is 3. The van der Waals surface area contributed by atoms with E-state index in [1.807, 2.05) is 45.0 Å². The van der Waals surface area contributed by atoms with E-state index in [-0.39, 0.29) is 0 Å². The summed E-state index contributed by atoms with van der Waals surface area (Å²) in [6.07, 6.45) is 0. The predicted molar refractivity (Wildman–Crippen MR) is 77.8 cm³/mol. The van der Waals surface area contributed by atoms with Crippen LogP contribution in [0.15, 0.2) is 30.3 Å². The van der Waals surface area contributed by atoms with Crippen molar-refractivity contribution in [2.75, 3.05) is 5.32 Å². The summed E-state index contributed by atoms with van der Waals surface area (Å²) in [5, 5.41) is 22.6. The van der Waals surface area contributed by atoms with E-state index in [0.717, 1.165) is 27.9 Å². The lowest BCUT2D eigenvalue weighted by molar-refractivity contribution is 0.466. The molecular formula is C16H19NO2. The van der Waals surface area contributed by atoms with Gasteiger partial charge in [-0.1, -0.05) is 18.2 Å². The van der Waals surface area contributed by atoms with Crippen LogP contribution in [0.5, 0.6) is 11.5 Å². The minimum atomic E-state index is 0.295. The van der Waals surface area contributed by atoms with Gasteiger partial charge in [-0.05, 0) is 49.1 Å². The number of hydrogen-bond acceptors (Lipinski definition) is 3. The fraction of sp³-hybridized carbons (Fsp3) is 0.250. The molecule has 0 unspecified atom stereocenters. The molecule has 3 nitrogen and oxygen atoms in total. The monoisotopic (exact) mass is 257 g/mol. The first-order chi connectivity index (χ1) is 8.97. The van der Waals surface area contributed by atoms with Gasteiger partial charge in [-0.2, -0.15) is 0 Å². The molecule has 0 amide bonds. The summed E-state index contributed by atoms with van der Waals surface area (Å²) in [4.78, 5) is 0. The molecule has 19 heavy (non-hydrogen) atoms. The summed E-state index contributed by atoms with van der Waals surface area (Å²) in [6.45, 7) is 6.31. The fourth-order valence-electron chi connectivity index (χ4n) is 2.07. The normalized spacial score (nSPS) is 10.5. The van der Waals surface area contributed by atoms with Gasteiger partial charge in [-0.15, -0.1) is 0 Å². The number of anilines is 1. The van der Waals surface area contributed by atoms with Gasteiger partial charge in [0.1, 0.15) is 11.5 Å². The molecule has 0 atom stereocenters. The van der Waals surface area contributed by atoms with Gasteiger partial charge < -0.3 is 15.5 Å². The van der Waals surface area contributed by atoms with Crippen molar-refractivity contribution in [1.82, 2.24) is 0 Å². The summed E-state index contributed by atoms with van der Waals surface area (Å²) in [5.41, 5.74) is 4.60. The van der Waals surface area contributed by atoms with Crippen LogP contribution < -0.4 is 5.32 Å². The van der Waals surface area contributed by atoms with Crippen LogP contribution in [-0.2, 0) is 6.54 Å². The third-order valence-electron chi connectivity index (χ3n) is 3.26. The van der Waals surface area contributed by atoms with Gasteiger partial charge in [0.2, 0.25) is 0 Å². The quantitative estimate of drug-likeness (QED) is 0.787. The maximum absolute atomic E-state index is 9.73. The van der Waals surface area contributed by atoms with Crippen LogP contribution in [0.4, 0.5) is 5.69 Å². The zero-order valence-electron chi connectivity index (χ0n) is 11.5. The Morgan fingerprint density at radius 3 is 2.11 bits per heavy atom. The summed E-state index contributed by atoms with van der Waals surface area (Å²) in [6, 6.07) is 9.46. The van der Waals surface area contributed by atoms with Crippen molar-refractivity contribution in [2.24, 2.45) is 0 Å². The molecule has 0 saturated carbocycles. The van der Waals surface area contributed by atoms with E-state index < -0.39 is 0 Å². The van der Waals surface area contributed by atoms with Crippen molar-refractivity contribution >= 4 is 5.69 Å². The first-order valence-corrected chi connectivity index (χ1v) is 6.30. The molecule has 0 aliphatic heterocycles. The molecule has 0 heterocycles. The number of aryl methyl sites for hydroxylation is 3. The van der Waals surface area contributed by atoms with Crippen LogP contribution in [-0.4, -0.2) is 10.2 Å². The Labute approximate surface area is 113 Å². The van der Waals surface area contributed by atoms with Crippen LogP contribution in [0.3, 0.4) is 0 Å². The second kappa shape index (κ2) is 5.22. The number of hydrogen-bond donors (Lipinski definition) is 3. The highest BCUT2D eigenvalue weighted by atomic mass is 16.3. The van der Waals surface area contributed by atoms with Crippen LogP contribution in [0.1, 0.15) is 22.3 Å². The van der Waals surface area contributed by atoms with Gasteiger partial charge in [-0.25, -0.2) is 0 Å². The molecule has 3 heteroatoms. The van der Waals surface area contributed by atoms with E-state index in [0.29, 0.717) is 18.0 Å². The SMILES string of the molecule is Cc1ccc(NCc2cc(C)c(O)c(C)c2)cc1O. The molecular weight excluding hydrogens is 238 g/mol. The molecule has 2 aromatic rings. The average Bonchev–Trinajstić information content (AvgIpc) is 2.37. The van der Waals surface area contributed by atoms with Gasteiger partial charge in [0.25, 0.3) is 0 Å². The number of nitrogens with one attached hydrogen (secondary N) is 1. The highest BCUT2D eigenvalue weighted by molar-refractivity contribution is 5.51. The van der Waals surface area contributed by atoms with Crippen molar-refractivity contribution in [1.29, 1.82) is 0 Å². The maximum Gasteiger partial charge on any atom is 0.121 e. The number of aromatic hydroxyl groups is 2. The smallest absolute Gasteiger partial charge is 0.121 e. The van der Waals surface area contributed by atoms with Crippen LogP contribution in [0.25, 0.3) is 0 Å². The predicted octanol–water partition coefficient (Wildman–Crippen LogP) is 3.64. The number of phenols is 2. The van der Waals surface area contributed by atoms with E-state index in [9.17, 15) is 10.2 Å². The van der Waals surface area contributed by atoms with Crippen molar-refractivity contribution in [3.8, 4) is 11.5 Å². The molecule has 0 fully saturated rings. The Kier molecular flexibility index (Phi) is 3.65. The van der Waals surface area contributed by atoms with Crippen LogP contribution >= 0.6 is 0 Å². The Bertz CT molecular complexity index is 583. The van der Waals surface area contributed by atoms with Crippen LogP contribution in [0, 0.1) is 20.8 Å². The second-order valence-corrected chi connectivity index (χ2v) is 4.93. The lowest BCUT2D eigenvalue weighted by Crippen LogP contribution is -2.00. The average molecular weight is 257 g/mol. The lowest BCUT2D eigenvalue weighted by Gasteiger charge is -2.11. The number of benzene rings is 2. The highest BCUT2D eigenvalue weighted by Crippen LogP contribution is 2.24. The Hall–Kier alpha value is -2.16. The van der Waals surface area contributed by atoms with Crippen LogP contribution in [0.2, 0.25) is 0 Å². The van der Waals surface area contributed by atoms with Crippen molar-refractivity contribution in [3.63, 3.8) is 0 Å². The first kappa shape index (κ1) is 13.3. The number of phenolic OH excluding ortho intramolecular Hbond substituents is 2. The molecule has 2 rings (SSSR count). The maximum atomic E-state index is 9.73. The standard InChI is InChI=1S/C16H19NO2/c1-10-4-5-14(8-15(10)18)17-9-13-6-11(2)16(19)12(3)7-13/h4-8,17-19H,9H2,1-3H3. The summed E-state index contributed by atoms with van der Waals surface area (Å²) >= 11 is 0. The molecule has 0 aromatic heterocycles. The summed E-state index contributed by atoms with van der Waals surface area (Å²) in [5.74, 6) is 0.653. The zero-order valence-corrected chi connectivity index (χ0v) is 11.5. The van der Waals surface area contributed by atoms with Gasteiger partial charge >= 0.3 is 0 Å². The molecule has 3 N–H and O–H groups in total. The molecule has 2 aromatic carbocycles. The largest absolute Gasteiger partial charge is 0.508 e. The lowest BCUT2D eigenvalue weighted by atomic mass is 10.1. The van der Waals surface area contributed by atoms with Crippen molar-refractivity contribution in [3.05, 3.63) is 52.6 Å². The second-order valence-electron chi connectivity index (χ2n) is 4.93. The minimum Gasteiger partial charge on any atom is -0.508 e. The van der Waals surface area contributed by atoms with E-state index >= 15 is 0 Å². The first-order valence-electron chi connectivity index (χ1n) is 6.30. The molecule has 0 aliphatic rings. The highest BCUT2D eigenvalue weighted by Gasteiger charge is 2.04. The summed E-state index contributed by atoms with van der Waals surface area (Å²) < 4.78 is 0. The Morgan fingerprint density at radius 1 is 0.895 bits per heavy atom. The van der Waals surface area contributed by atoms with Crippen molar-refractivity contribution in [2.45, 2.75) is 27.3 Å². The Morgan fingerprint density at radius 2 is 1.53 bits per heavy atom. The molecule has 0 radical (unpaired) electrons. The van der Waals surface area contributed by atoms with Gasteiger partial charge in [-0.3, -0.25) is 0 Å². The van der Waals surface area contributed by atoms with Crippen molar-refractivity contribution < 1.29 is 10.2 Å². The molecule has 100 valence electrons. The minimum absolute atomic E-state index is 0.295. The van der Waals surface area contributed by atoms with Gasteiger partial charge in [0.15, 0.2) is 0 Å². The Balaban J connectivity index is 2.12. The van der Waals surface area contributed by atoms with E-state index in [1.54, 1.807) is 6.07 Å². The third-order valence-corrected chi connectivity index (χ3v) is 3.26. The molecule has 0 bridgehead atoms. The van der Waals surface area contributed by atoms with Gasteiger partial charge in [0.05, 0.1) is 0 Å². The fourth-order valence-corrected chi connectivity index (χ4v) is 2.07. The van der Waals surface area contributed by atoms with Gasteiger partial charge in [0, 0.05) is 18.3 Å². The third kappa shape index (κ3) is 2.99. The zero-order chi connectivity index (χ0) is 14.0.